The van der Waals surface area contributed by atoms with Crippen molar-refractivity contribution in [3.8, 4) is 0 Å². The maximum Gasteiger partial charge on any atom is 0.224 e. The SMILES string of the molecule is CC(C)C1CN(C(=O)CCc2csc(N)n2)CCC(=O)N1CC1CC1. The van der Waals surface area contributed by atoms with Crippen molar-refractivity contribution in [3.63, 3.8) is 0 Å². The zero-order valence-corrected chi connectivity index (χ0v) is 15.9. The highest BCUT2D eigenvalue weighted by molar-refractivity contribution is 7.13. The Balaban J connectivity index is 1.62. The van der Waals surface area contributed by atoms with E-state index in [1.807, 2.05) is 10.3 Å². The topological polar surface area (TPSA) is 79.5 Å². The summed E-state index contributed by atoms with van der Waals surface area (Å²) < 4.78 is 0. The van der Waals surface area contributed by atoms with Gasteiger partial charge in [0.25, 0.3) is 0 Å². The lowest BCUT2D eigenvalue weighted by Crippen LogP contribution is -2.48. The zero-order chi connectivity index (χ0) is 18.0. The van der Waals surface area contributed by atoms with E-state index in [1.165, 1.54) is 24.2 Å². The molecular formula is C18H28N4O2S. The highest BCUT2D eigenvalue weighted by atomic mass is 32.1. The molecule has 2 amide bonds. The molecule has 1 saturated heterocycles. The first-order valence-electron chi connectivity index (χ1n) is 9.21. The summed E-state index contributed by atoms with van der Waals surface area (Å²) in [5, 5.41) is 2.45. The minimum Gasteiger partial charge on any atom is -0.375 e. The van der Waals surface area contributed by atoms with Gasteiger partial charge < -0.3 is 15.5 Å². The molecule has 1 aromatic heterocycles. The Hall–Kier alpha value is -1.63. The Morgan fingerprint density at radius 2 is 2.20 bits per heavy atom. The standard InChI is InChI=1S/C18H28N4O2S/c1-12(2)15-10-21(8-7-17(24)22(15)9-13-3-4-13)16(23)6-5-14-11-25-18(19)20-14/h11-13,15H,3-10H2,1-2H3,(H2,19,20). The molecule has 25 heavy (non-hydrogen) atoms. The molecule has 0 radical (unpaired) electrons. The van der Waals surface area contributed by atoms with Crippen LogP contribution in [-0.2, 0) is 16.0 Å². The van der Waals surface area contributed by atoms with E-state index >= 15 is 0 Å². The summed E-state index contributed by atoms with van der Waals surface area (Å²) in [7, 11) is 0. The Labute approximate surface area is 153 Å². The van der Waals surface area contributed by atoms with Crippen molar-refractivity contribution < 1.29 is 9.59 Å². The third-order valence-electron chi connectivity index (χ3n) is 5.16. The molecule has 1 aromatic rings. The molecule has 2 fully saturated rings. The highest BCUT2D eigenvalue weighted by Crippen LogP contribution is 2.32. The van der Waals surface area contributed by atoms with Crippen LogP contribution in [0.3, 0.4) is 0 Å². The minimum absolute atomic E-state index is 0.110. The van der Waals surface area contributed by atoms with Crippen LogP contribution in [0.25, 0.3) is 0 Å². The molecule has 1 aliphatic heterocycles. The van der Waals surface area contributed by atoms with Crippen molar-refractivity contribution in [1.29, 1.82) is 0 Å². The number of nitrogen functional groups attached to an aromatic ring is 1. The van der Waals surface area contributed by atoms with Crippen LogP contribution in [-0.4, -0.2) is 52.3 Å². The number of anilines is 1. The molecule has 2 aliphatic rings. The smallest absolute Gasteiger partial charge is 0.224 e. The summed E-state index contributed by atoms with van der Waals surface area (Å²) in [5.74, 6) is 1.32. The maximum absolute atomic E-state index is 12.7. The van der Waals surface area contributed by atoms with Gasteiger partial charge in [-0.05, 0) is 31.1 Å². The van der Waals surface area contributed by atoms with Gasteiger partial charge >= 0.3 is 0 Å². The van der Waals surface area contributed by atoms with Crippen molar-refractivity contribution in [2.45, 2.75) is 52.0 Å². The number of thiazole rings is 1. The highest BCUT2D eigenvalue weighted by Gasteiger charge is 2.36. The van der Waals surface area contributed by atoms with Gasteiger partial charge in [-0.2, -0.15) is 0 Å². The number of nitrogens with two attached hydrogens (primary N) is 1. The average Bonchev–Trinajstić information content (AvgIpc) is 3.32. The van der Waals surface area contributed by atoms with E-state index in [-0.39, 0.29) is 17.9 Å². The molecule has 1 saturated carbocycles. The Kier molecular flexibility index (Phi) is 5.61. The number of hydrogen-bond donors (Lipinski definition) is 1. The molecule has 2 N–H and O–H groups in total. The second-order valence-electron chi connectivity index (χ2n) is 7.57. The Bertz CT molecular complexity index is 626. The van der Waals surface area contributed by atoms with Crippen molar-refractivity contribution in [2.75, 3.05) is 25.4 Å². The normalized spacial score (nSPS) is 21.7. The first kappa shape index (κ1) is 18.2. The number of rotatable bonds is 6. The Morgan fingerprint density at radius 1 is 1.44 bits per heavy atom. The summed E-state index contributed by atoms with van der Waals surface area (Å²) in [5.41, 5.74) is 6.52. The molecule has 3 rings (SSSR count). The van der Waals surface area contributed by atoms with Gasteiger partial charge in [0.05, 0.1) is 11.7 Å². The van der Waals surface area contributed by atoms with Crippen molar-refractivity contribution >= 4 is 28.3 Å². The average molecular weight is 365 g/mol. The summed E-state index contributed by atoms with van der Waals surface area (Å²) in [4.78, 5) is 33.4. The maximum atomic E-state index is 12.7. The molecule has 1 atom stereocenters. The second-order valence-corrected chi connectivity index (χ2v) is 8.46. The van der Waals surface area contributed by atoms with E-state index in [4.69, 9.17) is 5.73 Å². The van der Waals surface area contributed by atoms with Crippen molar-refractivity contribution in [3.05, 3.63) is 11.1 Å². The fourth-order valence-electron chi connectivity index (χ4n) is 3.42. The second kappa shape index (κ2) is 7.72. The van der Waals surface area contributed by atoms with E-state index in [1.54, 1.807) is 0 Å². The van der Waals surface area contributed by atoms with E-state index in [9.17, 15) is 9.59 Å². The van der Waals surface area contributed by atoms with Crippen LogP contribution in [0.4, 0.5) is 5.13 Å². The predicted octanol–water partition coefficient (Wildman–Crippen LogP) is 2.15. The third kappa shape index (κ3) is 4.71. The molecular weight excluding hydrogens is 336 g/mol. The zero-order valence-electron chi connectivity index (χ0n) is 15.1. The van der Waals surface area contributed by atoms with Crippen LogP contribution in [0, 0.1) is 11.8 Å². The van der Waals surface area contributed by atoms with E-state index < -0.39 is 0 Å². The fraction of sp³-hybridized carbons (Fsp3) is 0.722. The van der Waals surface area contributed by atoms with Gasteiger partial charge in [0.15, 0.2) is 5.13 Å². The molecule has 6 nitrogen and oxygen atoms in total. The number of aromatic nitrogens is 1. The van der Waals surface area contributed by atoms with Gasteiger partial charge in [0.2, 0.25) is 11.8 Å². The number of carbonyl (C=O) groups is 2. The lowest BCUT2D eigenvalue weighted by molar-refractivity contribution is -0.134. The molecule has 0 aromatic carbocycles. The van der Waals surface area contributed by atoms with E-state index in [0.29, 0.717) is 49.3 Å². The van der Waals surface area contributed by atoms with Crippen LogP contribution in [0.15, 0.2) is 5.38 Å². The van der Waals surface area contributed by atoms with Crippen LogP contribution >= 0.6 is 11.3 Å². The molecule has 0 bridgehead atoms. The Morgan fingerprint density at radius 3 is 2.80 bits per heavy atom. The molecule has 1 unspecified atom stereocenters. The first-order valence-corrected chi connectivity index (χ1v) is 10.1. The third-order valence-corrected chi connectivity index (χ3v) is 5.89. The number of aryl methyl sites for hydroxylation is 1. The summed E-state index contributed by atoms with van der Waals surface area (Å²) in [6.07, 6.45) is 3.92. The van der Waals surface area contributed by atoms with E-state index in [2.05, 4.69) is 23.7 Å². The van der Waals surface area contributed by atoms with Gasteiger partial charge in [0, 0.05) is 37.9 Å². The molecule has 1 aliphatic carbocycles. The lowest BCUT2D eigenvalue weighted by atomic mass is 10.0. The van der Waals surface area contributed by atoms with Gasteiger partial charge in [-0.15, -0.1) is 11.3 Å². The van der Waals surface area contributed by atoms with Crippen LogP contribution in [0.2, 0.25) is 0 Å². The number of carbonyl (C=O) groups excluding carboxylic acids is 2. The quantitative estimate of drug-likeness (QED) is 0.839. The van der Waals surface area contributed by atoms with Gasteiger partial charge in [-0.3, -0.25) is 9.59 Å². The molecule has 138 valence electrons. The lowest BCUT2D eigenvalue weighted by Gasteiger charge is -2.34. The van der Waals surface area contributed by atoms with Crippen LogP contribution in [0.5, 0.6) is 0 Å². The van der Waals surface area contributed by atoms with Gasteiger partial charge in [-0.1, -0.05) is 13.8 Å². The van der Waals surface area contributed by atoms with Crippen LogP contribution in [0.1, 0.15) is 45.2 Å². The molecule has 0 spiro atoms. The summed E-state index contributed by atoms with van der Waals surface area (Å²) in [6, 6.07) is 0.120. The van der Waals surface area contributed by atoms with Gasteiger partial charge in [-0.25, -0.2) is 4.98 Å². The van der Waals surface area contributed by atoms with Crippen molar-refractivity contribution in [1.82, 2.24) is 14.8 Å². The first-order chi connectivity index (χ1) is 11.9. The largest absolute Gasteiger partial charge is 0.375 e. The predicted molar refractivity (Wildman–Crippen MR) is 99.1 cm³/mol. The summed E-state index contributed by atoms with van der Waals surface area (Å²) >= 11 is 1.40. The molecule has 7 heteroatoms. The minimum atomic E-state index is 0.110. The fourth-order valence-corrected chi connectivity index (χ4v) is 4.02. The van der Waals surface area contributed by atoms with Crippen LogP contribution < -0.4 is 5.73 Å². The number of hydrogen-bond acceptors (Lipinski definition) is 5. The monoisotopic (exact) mass is 364 g/mol. The van der Waals surface area contributed by atoms with E-state index in [0.717, 1.165) is 12.2 Å². The number of amides is 2. The summed E-state index contributed by atoms with van der Waals surface area (Å²) in [6.45, 7) is 6.32. The molecule has 2 heterocycles. The number of nitrogens with zero attached hydrogens (tertiary/aromatic N) is 3. The van der Waals surface area contributed by atoms with Gasteiger partial charge in [0.1, 0.15) is 0 Å². The van der Waals surface area contributed by atoms with Crippen molar-refractivity contribution in [2.24, 2.45) is 11.8 Å².